The van der Waals surface area contributed by atoms with E-state index in [0.717, 1.165) is 11.8 Å². The molecule has 0 aromatic heterocycles. The largest absolute Gasteiger partial charge is 0.466 e. The van der Waals surface area contributed by atoms with E-state index in [4.69, 9.17) is 19.2 Å². The highest BCUT2D eigenvalue weighted by atomic mass is 31.2. The molecule has 0 radical (unpaired) electrons. The first-order valence-corrected chi connectivity index (χ1v) is 9.69. The van der Waals surface area contributed by atoms with Gasteiger partial charge in [0.25, 0.3) is 0 Å². The molecule has 6 fully saturated rings. The lowest BCUT2D eigenvalue weighted by atomic mass is 9.89. The maximum atomic E-state index is 8.88. The molecule has 0 amide bonds. The van der Waals surface area contributed by atoms with Gasteiger partial charge in [-0.05, 0) is 89.6 Å². The molecule has 4 bridgehead atoms. The topological polar surface area (TPSA) is 84.2 Å². The molecule has 0 aliphatic carbocycles. The summed E-state index contributed by atoms with van der Waals surface area (Å²) in [5.74, 6) is 2.22. The number of fused-ring (bicyclic) bond motifs is 6. The van der Waals surface area contributed by atoms with Gasteiger partial charge in [0.15, 0.2) is 0 Å². The van der Waals surface area contributed by atoms with Gasteiger partial charge in [0.2, 0.25) is 0 Å². The van der Waals surface area contributed by atoms with Crippen molar-refractivity contribution in [2.24, 2.45) is 11.8 Å². The average molecular weight is 320 g/mol. The molecule has 0 unspecified atom stereocenters. The molecule has 0 aromatic carbocycles. The van der Waals surface area contributed by atoms with Gasteiger partial charge >= 0.3 is 7.82 Å². The summed E-state index contributed by atoms with van der Waals surface area (Å²) in [5.41, 5.74) is 0. The lowest BCUT2D eigenvalue weighted by Gasteiger charge is -2.38. The lowest BCUT2D eigenvalue weighted by molar-refractivity contribution is 0.111. The molecule has 0 saturated carbocycles. The van der Waals surface area contributed by atoms with E-state index in [1.54, 1.807) is 0 Å². The van der Waals surface area contributed by atoms with E-state index in [9.17, 15) is 0 Å². The fourth-order valence-electron chi connectivity index (χ4n) is 3.73. The molecule has 21 heavy (non-hydrogen) atoms. The Hall–Kier alpha value is 0.0300. The maximum Gasteiger partial charge on any atom is 0.466 e. The number of hydrogen-bond donors (Lipinski definition) is 3. The zero-order chi connectivity index (χ0) is 15.3. The Kier molecular flexibility index (Phi) is 6.66. The first-order valence-electron chi connectivity index (χ1n) is 8.13. The smallest absolute Gasteiger partial charge is 0.303 e. The van der Waals surface area contributed by atoms with Gasteiger partial charge in [-0.1, -0.05) is 0 Å². The standard InChI is InChI=1S/2C7H13N.H3O4P/c2*1-4-8-5-2-7(1)3-6-8;1-5(2,3)4/h2*7H,1-6H2;(H3,1,2,3,4). The third-order valence-corrected chi connectivity index (χ3v) is 5.12. The third kappa shape index (κ3) is 7.22. The zero-order valence-electron chi connectivity index (χ0n) is 12.7. The quantitative estimate of drug-likeness (QED) is 0.583. The summed E-state index contributed by atoms with van der Waals surface area (Å²) in [5, 5.41) is 0. The minimum absolute atomic E-state index is 1.11. The van der Waals surface area contributed by atoms with Crippen LogP contribution in [-0.2, 0) is 4.57 Å². The summed E-state index contributed by atoms with van der Waals surface area (Å²) < 4.78 is 8.88. The molecule has 0 spiro atoms. The molecule has 6 nitrogen and oxygen atoms in total. The fourth-order valence-corrected chi connectivity index (χ4v) is 3.73. The van der Waals surface area contributed by atoms with Crippen molar-refractivity contribution < 1.29 is 19.2 Å². The van der Waals surface area contributed by atoms with E-state index < -0.39 is 7.82 Å². The van der Waals surface area contributed by atoms with E-state index in [1.807, 2.05) is 0 Å². The summed E-state index contributed by atoms with van der Waals surface area (Å²) in [7, 11) is -4.64. The van der Waals surface area contributed by atoms with Crippen LogP contribution in [0, 0.1) is 11.8 Å². The summed E-state index contributed by atoms with van der Waals surface area (Å²) in [6, 6.07) is 0. The van der Waals surface area contributed by atoms with Gasteiger partial charge in [0.1, 0.15) is 0 Å². The molecule has 0 atom stereocenters. The van der Waals surface area contributed by atoms with E-state index in [1.165, 1.54) is 77.8 Å². The Morgan fingerprint density at radius 1 is 0.619 bits per heavy atom. The van der Waals surface area contributed by atoms with Crippen LogP contribution in [0.5, 0.6) is 0 Å². The molecule has 3 N–H and O–H groups in total. The van der Waals surface area contributed by atoms with Gasteiger partial charge in [-0.3, -0.25) is 0 Å². The second-order valence-corrected chi connectivity index (χ2v) is 7.69. The van der Waals surface area contributed by atoms with Crippen molar-refractivity contribution in [3.63, 3.8) is 0 Å². The van der Waals surface area contributed by atoms with Gasteiger partial charge in [-0.15, -0.1) is 0 Å². The highest BCUT2D eigenvalue weighted by molar-refractivity contribution is 7.45. The predicted octanol–water partition coefficient (Wildman–Crippen LogP) is 1.28. The van der Waals surface area contributed by atoms with Crippen LogP contribution >= 0.6 is 7.82 Å². The summed E-state index contributed by atoms with van der Waals surface area (Å²) in [6.45, 7) is 8.36. The highest BCUT2D eigenvalue weighted by Crippen LogP contribution is 2.27. The fraction of sp³-hybridized carbons (Fsp3) is 1.00. The van der Waals surface area contributed by atoms with Crippen molar-refractivity contribution >= 4 is 7.82 Å². The monoisotopic (exact) mass is 320 g/mol. The Labute approximate surface area is 127 Å². The van der Waals surface area contributed by atoms with Crippen molar-refractivity contribution in [2.75, 3.05) is 39.3 Å². The van der Waals surface area contributed by atoms with E-state index >= 15 is 0 Å². The van der Waals surface area contributed by atoms with Crippen molar-refractivity contribution in [2.45, 2.75) is 38.5 Å². The molecule has 6 saturated heterocycles. The molecule has 6 rings (SSSR count). The third-order valence-electron chi connectivity index (χ3n) is 5.12. The summed E-state index contributed by atoms with van der Waals surface area (Å²) in [4.78, 5) is 26.7. The van der Waals surface area contributed by atoms with Crippen molar-refractivity contribution in [3.05, 3.63) is 0 Å². The molecule has 6 aliphatic heterocycles. The van der Waals surface area contributed by atoms with Crippen LogP contribution in [0.2, 0.25) is 0 Å². The first kappa shape index (κ1) is 17.4. The number of hydrogen-bond acceptors (Lipinski definition) is 3. The van der Waals surface area contributed by atoms with Crippen LogP contribution in [0.4, 0.5) is 0 Å². The second-order valence-electron chi connectivity index (χ2n) is 6.66. The van der Waals surface area contributed by atoms with E-state index in [0.29, 0.717) is 0 Å². The molecular weight excluding hydrogens is 291 g/mol. The number of rotatable bonds is 0. The van der Waals surface area contributed by atoms with Gasteiger partial charge < -0.3 is 24.5 Å². The Bertz CT molecular complexity index is 269. The van der Waals surface area contributed by atoms with Gasteiger partial charge in [0, 0.05) is 0 Å². The number of piperidine rings is 6. The molecule has 7 heteroatoms. The van der Waals surface area contributed by atoms with Crippen LogP contribution in [0.15, 0.2) is 0 Å². The molecule has 124 valence electrons. The minimum Gasteiger partial charge on any atom is -0.303 e. The van der Waals surface area contributed by atoms with Crippen molar-refractivity contribution in [1.82, 2.24) is 9.80 Å². The summed E-state index contributed by atoms with van der Waals surface area (Å²) in [6.07, 6.45) is 8.92. The van der Waals surface area contributed by atoms with Crippen LogP contribution in [0.25, 0.3) is 0 Å². The lowest BCUT2D eigenvalue weighted by Crippen LogP contribution is -2.41. The zero-order valence-corrected chi connectivity index (χ0v) is 13.6. The van der Waals surface area contributed by atoms with Gasteiger partial charge in [-0.2, -0.15) is 0 Å². The van der Waals surface area contributed by atoms with Crippen molar-refractivity contribution in [1.29, 1.82) is 0 Å². The molecule has 6 aliphatic rings. The maximum absolute atomic E-state index is 8.88. The Morgan fingerprint density at radius 2 is 0.810 bits per heavy atom. The first-order chi connectivity index (χ1) is 9.90. The number of nitrogens with zero attached hydrogens (tertiary/aromatic N) is 2. The van der Waals surface area contributed by atoms with E-state index in [-0.39, 0.29) is 0 Å². The predicted molar refractivity (Wildman–Crippen MR) is 81.8 cm³/mol. The molecular formula is C14H29N2O4P. The minimum atomic E-state index is -4.64. The van der Waals surface area contributed by atoms with Gasteiger partial charge in [-0.25, -0.2) is 4.57 Å². The van der Waals surface area contributed by atoms with Crippen LogP contribution in [-0.4, -0.2) is 63.7 Å². The van der Waals surface area contributed by atoms with Crippen LogP contribution in [0.1, 0.15) is 38.5 Å². The Balaban J connectivity index is 0.000000120. The van der Waals surface area contributed by atoms with Crippen LogP contribution < -0.4 is 0 Å². The number of phosphoric acid groups is 1. The van der Waals surface area contributed by atoms with E-state index in [2.05, 4.69) is 9.80 Å². The normalized spacial score (nSPS) is 37.1. The SMILES string of the molecule is C1CN2CCC1CC2.C1CN2CCC1CC2.O=P(O)(O)O. The second kappa shape index (κ2) is 8.04. The highest BCUT2D eigenvalue weighted by Gasteiger charge is 2.25. The Morgan fingerprint density at radius 3 is 0.857 bits per heavy atom. The van der Waals surface area contributed by atoms with Gasteiger partial charge in [0.05, 0.1) is 0 Å². The molecule has 0 aromatic rings. The molecule has 6 heterocycles. The summed E-state index contributed by atoms with van der Waals surface area (Å²) >= 11 is 0. The van der Waals surface area contributed by atoms with Crippen molar-refractivity contribution in [3.8, 4) is 0 Å². The van der Waals surface area contributed by atoms with Crippen LogP contribution in [0.3, 0.4) is 0 Å². The average Bonchev–Trinajstić information content (AvgIpc) is 2.50.